The topological polar surface area (TPSA) is 55.5 Å². The Balaban J connectivity index is 1.84. The summed E-state index contributed by atoms with van der Waals surface area (Å²) in [6.45, 7) is 1.55. The summed E-state index contributed by atoms with van der Waals surface area (Å²) in [6, 6.07) is 0. The average molecular weight is 455 g/mol. The summed E-state index contributed by atoms with van der Waals surface area (Å²) < 4.78 is 83.9. The van der Waals surface area contributed by atoms with Gasteiger partial charge in [0.05, 0.1) is 24.4 Å². The number of hydrogen-bond donors (Lipinski definition) is 2. The zero-order valence-corrected chi connectivity index (χ0v) is 17.7. The van der Waals surface area contributed by atoms with Crippen molar-refractivity contribution in [2.75, 3.05) is 13.2 Å². The largest absolute Gasteiger partial charge is 0.498 e. The van der Waals surface area contributed by atoms with E-state index in [1.165, 1.54) is 6.08 Å². The first kappa shape index (κ1) is 25.8. The van der Waals surface area contributed by atoms with Gasteiger partial charge in [0.2, 0.25) is 0 Å². The molecule has 0 radical (unpaired) electrons. The Morgan fingerprint density at radius 3 is 2.39 bits per heavy atom. The van der Waals surface area contributed by atoms with Gasteiger partial charge in [-0.25, -0.2) is 0 Å². The molecule has 0 aromatic carbocycles. The zero-order valence-electron chi connectivity index (χ0n) is 17.7. The van der Waals surface area contributed by atoms with Crippen LogP contribution in [0.25, 0.3) is 0 Å². The second-order valence-electron chi connectivity index (χ2n) is 8.86. The Kier molecular flexibility index (Phi) is 8.67. The summed E-state index contributed by atoms with van der Waals surface area (Å²) in [5.74, 6) is -0.265. The minimum Gasteiger partial charge on any atom is -0.498 e. The molecule has 0 saturated carbocycles. The predicted octanol–water partition coefficient (Wildman–Crippen LogP) is 5.95. The first-order valence-electron chi connectivity index (χ1n) is 10.6. The summed E-state index contributed by atoms with van der Waals surface area (Å²) >= 11 is 0. The van der Waals surface area contributed by atoms with E-state index in [4.69, 9.17) is 10.5 Å². The molecule has 178 valence electrons. The Labute approximate surface area is 179 Å². The summed E-state index contributed by atoms with van der Waals surface area (Å²) in [4.78, 5) is 0. The van der Waals surface area contributed by atoms with Crippen LogP contribution in [0.5, 0.6) is 0 Å². The maximum atomic E-state index is 13.5. The molecular weight excluding hydrogens is 424 g/mol. The highest BCUT2D eigenvalue weighted by molar-refractivity contribution is 5.27. The molecule has 0 spiro atoms. The summed E-state index contributed by atoms with van der Waals surface area (Å²) in [5, 5.41) is 9.22. The van der Waals surface area contributed by atoms with Crippen LogP contribution in [0, 0.1) is 11.8 Å². The number of hydrogen-bond acceptors (Lipinski definition) is 3. The fourth-order valence-corrected chi connectivity index (χ4v) is 3.91. The van der Waals surface area contributed by atoms with E-state index >= 15 is 0 Å². The molecular formula is C22H31F6NO2. The van der Waals surface area contributed by atoms with Crippen molar-refractivity contribution in [2.24, 2.45) is 17.6 Å². The van der Waals surface area contributed by atoms with Crippen molar-refractivity contribution >= 4 is 0 Å². The lowest BCUT2D eigenvalue weighted by atomic mass is 9.81. The van der Waals surface area contributed by atoms with Gasteiger partial charge in [0.25, 0.3) is 0 Å². The number of alkyl halides is 6. The minimum atomic E-state index is -4.47. The second kappa shape index (κ2) is 10.4. The number of allylic oxidation sites excluding steroid dienone is 6. The molecule has 3 atom stereocenters. The van der Waals surface area contributed by atoms with Crippen molar-refractivity contribution in [3.63, 3.8) is 0 Å². The molecule has 0 bridgehead atoms. The van der Waals surface area contributed by atoms with Gasteiger partial charge >= 0.3 is 12.4 Å². The van der Waals surface area contributed by atoms with Gasteiger partial charge in [-0.1, -0.05) is 18.2 Å². The molecule has 0 fully saturated rings. The maximum absolute atomic E-state index is 13.5. The standard InChI is InChI=1S/C22H31F6NO2/c1-20(29,14-30)11-10-16-6-9-19(18(13-16)22(26,27)28)31-12-2-3-15-4-7-17(8-5-15)21(23,24)25/h4,7-8,15-16,30H,2-3,5-6,9-14,29H2,1H3/t15-,16?,20-/m0/s1. The van der Waals surface area contributed by atoms with Crippen LogP contribution in [0.1, 0.15) is 58.3 Å². The van der Waals surface area contributed by atoms with Gasteiger partial charge in [-0.3, -0.25) is 0 Å². The average Bonchev–Trinajstić information content (AvgIpc) is 2.69. The highest BCUT2D eigenvalue weighted by Crippen LogP contribution is 2.42. The van der Waals surface area contributed by atoms with E-state index in [-0.39, 0.29) is 50.1 Å². The van der Waals surface area contributed by atoms with E-state index in [9.17, 15) is 31.4 Å². The molecule has 0 aliphatic heterocycles. The predicted molar refractivity (Wildman–Crippen MR) is 106 cm³/mol. The monoisotopic (exact) mass is 455 g/mol. The van der Waals surface area contributed by atoms with Crippen molar-refractivity contribution in [1.29, 1.82) is 0 Å². The van der Waals surface area contributed by atoms with E-state index in [0.717, 1.165) is 12.2 Å². The molecule has 1 unspecified atom stereocenters. The van der Waals surface area contributed by atoms with Crippen molar-refractivity contribution in [1.82, 2.24) is 0 Å². The molecule has 31 heavy (non-hydrogen) atoms. The van der Waals surface area contributed by atoms with Gasteiger partial charge in [-0.15, -0.1) is 0 Å². The third-order valence-corrected chi connectivity index (χ3v) is 5.95. The molecule has 0 aromatic heterocycles. The smallest absolute Gasteiger partial charge is 0.416 e. The van der Waals surface area contributed by atoms with E-state index in [1.54, 1.807) is 6.92 Å². The van der Waals surface area contributed by atoms with Gasteiger partial charge in [-0.05, 0) is 63.7 Å². The molecule has 2 aliphatic carbocycles. The Morgan fingerprint density at radius 1 is 1.13 bits per heavy atom. The van der Waals surface area contributed by atoms with E-state index in [2.05, 4.69) is 0 Å². The first-order chi connectivity index (χ1) is 14.3. The second-order valence-corrected chi connectivity index (χ2v) is 8.86. The summed E-state index contributed by atoms with van der Waals surface area (Å²) in [6.07, 6.45) is -2.27. The van der Waals surface area contributed by atoms with E-state index < -0.39 is 29.0 Å². The fraction of sp³-hybridized carbons (Fsp3) is 0.727. The van der Waals surface area contributed by atoms with Crippen LogP contribution < -0.4 is 5.73 Å². The van der Waals surface area contributed by atoms with Gasteiger partial charge in [-0.2, -0.15) is 26.3 Å². The highest BCUT2D eigenvalue weighted by atomic mass is 19.4. The van der Waals surface area contributed by atoms with Crippen LogP contribution in [0.15, 0.2) is 35.1 Å². The summed E-state index contributed by atoms with van der Waals surface area (Å²) in [7, 11) is 0. The number of halogens is 6. The lowest BCUT2D eigenvalue weighted by Crippen LogP contribution is -2.40. The lowest BCUT2D eigenvalue weighted by Gasteiger charge is -2.30. The molecule has 2 rings (SSSR count). The van der Waals surface area contributed by atoms with Gasteiger partial charge in [0, 0.05) is 12.0 Å². The van der Waals surface area contributed by atoms with Crippen molar-refractivity contribution in [3.05, 3.63) is 35.1 Å². The van der Waals surface area contributed by atoms with Gasteiger partial charge < -0.3 is 15.6 Å². The molecule has 0 saturated heterocycles. The van der Waals surface area contributed by atoms with Crippen LogP contribution >= 0.6 is 0 Å². The lowest BCUT2D eigenvalue weighted by molar-refractivity contribution is -0.102. The number of rotatable bonds is 9. The van der Waals surface area contributed by atoms with Gasteiger partial charge in [0.15, 0.2) is 0 Å². The van der Waals surface area contributed by atoms with Gasteiger partial charge in [0.1, 0.15) is 5.76 Å². The van der Waals surface area contributed by atoms with Crippen molar-refractivity contribution in [3.8, 4) is 0 Å². The van der Waals surface area contributed by atoms with E-state index in [0.29, 0.717) is 32.1 Å². The van der Waals surface area contributed by atoms with Crippen LogP contribution in [0.2, 0.25) is 0 Å². The van der Waals surface area contributed by atoms with Crippen molar-refractivity contribution < 1.29 is 36.2 Å². The Morgan fingerprint density at radius 2 is 1.84 bits per heavy atom. The molecule has 3 nitrogen and oxygen atoms in total. The number of aliphatic hydroxyl groups is 1. The minimum absolute atomic E-state index is 0.0279. The quantitative estimate of drug-likeness (QED) is 0.334. The zero-order chi connectivity index (χ0) is 23.3. The van der Waals surface area contributed by atoms with Crippen molar-refractivity contribution in [2.45, 2.75) is 76.2 Å². The SMILES string of the molecule is C[C@@](N)(CO)CCC1CCC(OCCC[C@H]2C=CC(C(F)(F)F)=CC2)=C(C(F)(F)F)C1. The maximum Gasteiger partial charge on any atom is 0.416 e. The normalized spacial score (nSPS) is 24.7. The molecule has 0 heterocycles. The van der Waals surface area contributed by atoms with Crippen LogP contribution in [0.4, 0.5) is 26.3 Å². The van der Waals surface area contributed by atoms with Crippen LogP contribution in [-0.2, 0) is 4.74 Å². The Hall–Kier alpha value is -1.48. The number of ether oxygens (including phenoxy) is 1. The fourth-order valence-electron chi connectivity index (χ4n) is 3.91. The molecule has 3 N–H and O–H groups in total. The Bertz CT molecular complexity index is 691. The third-order valence-electron chi connectivity index (χ3n) is 5.95. The third kappa shape index (κ3) is 8.18. The molecule has 0 amide bonds. The highest BCUT2D eigenvalue weighted by Gasteiger charge is 2.40. The van der Waals surface area contributed by atoms with E-state index in [1.807, 2.05) is 0 Å². The summed E-state index contributed by atoms with van der Waals surface area (Å²) in [5.41, 5.74) is 3.78. The number of nitrogens with two attached hydrogens (primary N) is 1. The molecule has 9 heteroatoms. The molecule has 0 aromatic rings. The molecule has 2 aliphatic rings. The van der Waals surface area contributed by atoms with Crippen LogP contribution in [-0.4, -0.2) is 36.2 Å². The van der Waals surface area contributed by atoms with Crippen LogP contribution in [0.3, 0.4) is 0 Å². The number of aliphatic hydroxyl groups excluding tert-OH is 1. The first-order valence-corrected chi connectivity index (χ1v) is 10.6.